The molecule has 1 aromatic heterocycles. The van der Waals surface area contributed by atoms with Crippen LogP contribution in [0.4, 0.5) is 11.5 Å². The minimum absolute atomic E-state index is 0.752. The Kier molecular flexibility index (Phi) is 4.98. The smallest absolute Gasteiger partial charge is 0.274 e. The third kappa shape index (κ3) is 3.74. The van der Waals surface area contributed by atoms with E-state index in [0.29, 0.717) is 0 Å². The molecule has 6 heteroatoms. The molecular formula is C17H20ClN4S+. The van der Waals surface area contributed by atoms with Gasteiger partial charge in [-0.3, -0.25) is 4.90 Å². The zero-order valence-corrected chi connectivity index (χ0v) is 14.6. The van der Waals surface area contributed by atoms with Gasteiger partial charge >= 0.3 is 0 Å². The van der Waals surface area contributed by atoms with Crippen LogP contribution in [-0.4, -0.2) is 36.2 Å². The minimum atomic E-state index is 0.752. The summed E-state index contributed by atoms with van der Waals surface area (Å²) in [5.74, 6) is 1.15. The average Bonchev–Trinajstić information content (AvgIpc) is 2.60. The fourth-order valence-electron chi connectivity index (χ4n) is 2.67. The summed E-state index contributed by atoms with van der Waals surface area (Å²) < 4.78 is 0. The summed E-state index contributed by atoms with van der Waals surface area (Å²) in [6.07, 6.45) is 1.95. The first-order valence-electron chi connectivity index (χ1n) is 7.68. The van der Waals surface area contributed by atoms with E-state index in [4.69, 9.17) is 23.8 Å². The number of nitrogens with zero attached hydrogens (tertiary/aromatic N) is 2. The zero-order valence-electron chi connectivity index (χ0n) is 13.1. The lowest BCUT2D eigenvalue weighted by molar-refractivity contribution is -0.364. The Morgan fingerprint density at radius 2 is 1.91 bits per heavy atom. The van der Waals surface area contributed by atoms with Crippen molar-refractivity contribution in [1.82, 2.24) is 4.90 Å². The van der Waals surface area contributed by atoms with Crippen LogP contribution in [0.5, 0.6) is 0 Å². The molecule has 23 heavy (non-hydrogen) atoms. The Morgan fingerprint density at radius 3 is 2.61 bits per heavy atom. The summed E-state index contributed by atoms with van der Waals surface area (Å²) in [5, 5.41) is 4.83. The van der Waals surface area contributed by atoms with Gasteiger partial charge in [-0.2, -0.15) is 0 Å². The molecule has 1 fully saturated rings. The minimum Gasteiger partial charge on any atom is -0.341 e. The highest BCUT2D eigenvalue weighted by molar-refractivity contribution is 7.80. The van der Waals surface area contributed by atoms with Crippen LogP contribution >= 0.6 is 23.8 Å². The molecule has 0 atom stereocenters. The van der Waals surface area contributed by atoms with Crippen LogP contribution in [-0.2, 0) is 0 Å². The molecule has 0 unspecified atom stereocenters. The highest BCUT2D eigenvalue weighted by atomic mass is 35.5. The van der Waals surface area contributed by atoms with Crippen LogP contribution in [0.25, 0.3) is 0 Å². The largest absolute Gasteiger partial charge is 0.341 e. The van der Waals surface area contributed by atoms with Crippen molar-refractivity contribution < 1.29 is 4.98 Å². The van der Waals surface area contributed by atoms with Gasteiger partial charge in [-0.1, -0.05) is 23.7 Å². The summed E-state index contributed by atoms with van der Waals surface area (Å²) in [7, 11) is 0. The number of pyridine rings is 1. The lowest BCUT2D eigenvalue weighted by Gasteiger charge is -2.33. The first kappa shape index (κ1) is 16.0. The molecule has 1 aromatic carbocycles. The molecule has 0 bridgehead atoms. The van der Waals surface area contributed by atoms with E-state index in [0.717, 1.165) is 53.4 Å². The normalized spacial score (nSPS) is 14.7. The number of nitrogens with one attached hydrogen (secondary N) is 2. The maximum Gasteiger partial charge on any atom is 0.274 e. The Morgan fingerprint density at radius 1 is 1.13 bits per heavy atom. The predicted molar refractivity (Wildman–Crippen MR) is 99.2 cm³/mol. The first-order chi connectivity index (χ1) is 11.1. The van der Waals surface area contributed by atoms with Gasteiger partial charge in [-0.05, 0) is 42.9 Å². The summed E-state index contributed by atoms with van der Waals surface area (Å²) in [4.78, 5) is 7.82. The molecule has 0 radical (unpaired) electrons. The predicted octanol–water partition coefficient (Wildman–Crippen LogP) is 2.98. The molecule has 0 amide bonds. The third-order valence-electron chi connectivity index (χ3n) is 4.11. The van der Waals surface area contributed by atoms with E-state index < -0.39 is 0 Å². The quantitative estimate of drug-likeness (QED) is 0.847. The van der Waals surface area contributed by atoms with Crippen molar-refractivity contribution in [1.29, 1.82) is 0 Å². The van der Waals surface area contributed by atoms with Crippen LogP contribution in [0.15, 0.2) is 42.6 Å². The van der Waals surface area contributed by atoms with E-state index in [2.05, 4.69) is 26.2 Å². The zero-order chi connectivity index (χ0) is 16.2. The molecule has 1 aliphatic heterocycles. The number of halogens is 1. The van der Waals surface area contributed by atoms with Crippen molar-refractivity contribution in [2.75, 3.05) is 36.4 Å². The second-order valence-corrected chi connectivity index (χ2v) is 6.36. The monoisotopic (exact) mass is 347 g/mol. The molecule has 4 nitrogen and oxygen atoms in total. The summed E-state index contributed by atoms with van der Waals surface area (Å²) in [6.45, 7) is 5.67. The van der Waals surface area contributed by atoms with E-state index >= 15 is 0 Å². The van der Waals surface area contributed by atoms with Crippen molar-refractivity contribution in [3.8, 4) is 0 Å². The molecular weight excluding hydrogens is 328 g/mol. The Hall–Kier alpha value is -1.85. The SMILES string of the molecule is Cc1c(Cl)cccc1NC(=S)N1CCN(c2cccc[nH+]2)CC1. The summed E-state index contributed by atoms with van der Waals surface area (Å²) >= 11 is 11.7. The lowest BCUT2D eigenvalue weighted by atomic mass is 10.2. The van der Waals surface area contributed by atoms with Crippen molar-refractivity contribution in [3.63, 3.8) is 0 Å². The van der Waals surface area contributed by atoms with Crippen LogP contribution < -0.4 is 15.2 Å². The number of H-pyrrole nitrogens is 1. The highest BCUT2D eigenvalue weighted by Gasteiger charge is 2.24. The summed E-state index contributed by atoms with van der Waals surface area (Å²) in [5.41, 5.74) is 2.00. The van der Waals surface area contributed by atoms with Crippen LogP contribution in [0, 0.1) is 6.92 Å². The Balaban J connectivity index is 1.59. The fraction of sp³-hybridized carbons (Fsp3) is 0.294. The number of rotatable bonds is 2. The molecule has 0 spiro atoms. The van der Waals surface area contributed by atoms with Gasteiger partial charge in [0.2, 0.25) is 0 Å². The van der Waals surface area contributed by atoms with E-state index in [9.17, 15) is 0 Å². The fourth-order valence-corrected chi connectivity index (χ4v) is 3.14. The third-order valence-corrected chi connectivity index (χ3v) is 4.88. The molecule has 3 rings (SSSR count). The molecule has 1 saturated heterocycles. The average molecular weight is 348 g/mol. The van der Waals surface area contributed by atoms with Crippen LogP contribution in [0.3, 0.4) is 0 Å². The van der Waals surface area contributed by atoms with Crippen LogP contribution in [0.2, 0.25) is 5.02 Å². The van der Waals surface area contributed by atoms with Crippen molar-refractivity contribution in [2.24, 2.45) is 0 Å². The molecule has 0 saturated carbocycles. The number of aromatic nitrogens is 1. The van der Waals surface area contributed by atoms with Gasteiger partial charge in [0.15, 0.2) is 5.11 Å². The topological polar surface area (TPSA) is 32.6 Å². The van der Waals surface area contributed by atoms with E-state index in [1.54, 1.807) is 0 Å². The van der Waals surface area contributed by atoms with Crippen molar-refractivity contribution >= 4 is 40.4 Å². The molecule has 2 N–H and O–H groups in total. The molecule has 0 aliphatic carbocycles. The Bertz CT molecular complexity index is 684. The van der Waals surface area contributed by atoms with Crippen molar-refractivity contribution in [3.05, 3.63) is 53.2 Å². The number of hydrogen-bond donors (Lipinski definition) is 1. The highest BCUT2D eigenvalue weighted by Crippen LogP contribution is 2.23. The molecule has 2 heterocycles. The van der Waals surface area contributed by atoms with Gasteiger partial charge in [0, 0.05) is 16.8 Å². The lowest BCUT2D eigenvalue weighted by Crippen LogP contribution is -2.51. The van der Waals surface area contributed by atoms with Gasteiger partial charge in [0.25, 0.3) is 5.82 Å². The van der Waals surface area contributed by atoms with Gasteiger partial charge < -0.3 is 10.2 Å². The summed E-state index contributed by atoms with van der Waals surface area (Å²) in [6, 6.07) is 12.0. The second-order valence-electron chi connectivity index (χ2n) is 5.56. The second kappa shape index (κ2) is 7.15. The molecule has 2 aromatic rings. The molecule has 120 valence electrons. The van der Waals surface area contributed by atoms with Gasteiger partial charge in [-0.15, -0.1) is 0 Å². The van der Waals surface area contributed by atoms with Crippen LogP contribution in [0.1, 0.15) is 5.56 Å². The van der Waals surface area contributed by atoms with E-state index in [1.165, 1.54) is 0 Å². The number of thiocarbonyl (C=S) groups is 1. The van der Waals surface area contributed by atoms with E-state index in [1.807, 2.05) is 43.5 Å². The standard InChI is InChI=1S/C17H19ClN4S/c1-13-14(18)5-4-6-15(13)20-17(23)22-11-9-21(10-12-22)16-7-2-3-8-19-16/h2-8H,9-12H2,1H3,(H,20,23)/p+1. The number of benzene rings is 1. The Labute approximate surface area is 147 Å². The van der Waals surface area contributed by atoms with Gasteiger partial charge in [0.1, 0.15) is 13.1 Å². The van der Waals surface area contributed by atoms with Gasteiger partial charge in [0.05, 0.1) is 19.3 Å². The number of hydrogen-bond acceptors (Lipinski definition) is 2. The number of piperazine rings is 1. The maximum absolute atomic E-state index is 6.16. The number of anilines is 2. The van der Waals surface area contributed by atoms with Crippen molar-refractivity contribution in [2.45, 2.75) is 6.92 Å². The molecule has 1 aliphatic rings. The van der Waals surface area contributed by atoms with E-state index in [-0.39, 0.29) is 0 Å². The van der Waals surface area contributed by atoms with Gasteiger partial charge in [-0.25, -0.2) is 4.98 Å². The number of aromatic amines is 1. The first-order valence-corrected chi connectivity index (χ1v) is 8.46. The maximum atomic E-state index is 6.16.